The molecule has 1 nitrogen and oxygen atoms in total. The summed E-state index contributed by atoms with van der Waals surface area (Å²) in [4.78, 5) is 0. The van der Waals surface area contributed by atoms with E-state index in [9.17, 15) is 0 Å². The molecule has 1 aromatic rings. The highest BCUT2D eigenvalue weighted by atomic mass is 35.5. The molecule has 0 unspecified atom stereocenters. The molecule has 2 rings (SSSR count). The molecule has 0 spiro atoms. The Morgan fingerprint density at radius 2 is 1.53 bits per heavy atom. The van der Waals surface area contributed by atoms with Gasteiger partial charge in [0.2, 0.25) is 0 Å². The van der Waals surface area contributed by atoms with Crippen LogP contribution in [0.4, 0.5) is 0 Å². The maximum absolute atomic E-state index is 6.45. The number of hydrogen-bond acceptors (Lipinski definition) is 1. The second-order valence-corrected chi connectivity index (χ2v) is 5.38. The highest BCUT2D eigenvalue weighted by Gasteiger charge is 2.25. The van der Waals surface area contributed by atoms with Crippen LogP contribution in [0.5, 0.6) is 0 Å². The van der Waals surface area contributed by atoms with Crippen molar-refractivity contribution in [1.29, 1.82) is 0 Å². The topological polar surface area (TPSA) is 26.0 Å². The number of halogens is 1. The lowest BCUT2D eigenvalue weighted by Gasteiger charge is -2.23. The first-order valence-corrected chi connectivity index (χ1v) is 6.43. The van der Waals surface area contributed by atoms with Crippen molar-refractivity contribution in [3.8, 4) is 0 Å². The van der Waals surface area contributed by atoms with E-state index >= 15 is 0 Å². The van der Waals surface area contributed by atoms with Crippen molar-refractivity contribution in [3.05, 3.63) is 34.4 Å². The summed E-state index contributed by atoms with van der Waals surface area (Å²) in [5.74, 6) is 0.708. The summed E-state index contributed by atoms with van der Waals surface area (Å²) in [6.45, 7) is 6.55. The number of aryl methyl sites for hydroxylation is 3. The quantitative estimate of drug-likeness (QED) is 0.839. The molecule has 1 atom stereocenters. The van der Waals surface area contributed by atoms with Crippen LogP contribution in [0.15, 0.2) is 12.1 Å². The van der Waals surface area contributed by atoms with E-state index in [0.717, 1.165) is 0 Å². The molecule has 0 amide bonds. The van der Waals surface area contributed by atoms with E-state index in [4.69, 9.17) is 5.73 Å². The van der Waals surface area contributed by atoms with Crippen molar-refractivity contribution < 1.29 is 0 Å². The van der Waals surface area contributed by atoms with E-state index in [1.54, 1.807) is 0 Å². The average Bonchev–Trinajstić information content (AvgIpc) is 2.67. The van der Waals surface area contributed by atoms with Gasteiger partial charge in [-0.3, -0.25) is 0 Å². The smallest absolute Gasteiger partial charge is 0.0328 e. The lowest BCUT2D eigenvalue weighted by Crippen LogP contribution is -2.21. The fourth-order valence-electron chi connectivity index (χ4n) is 3.27. The second-order valence-electron chi connectivity index (χ2n) is 5.38. The van der Waals surface area contributed by atoms with Crippen LogP contribution in [0, 0.1) is 26.7 Å². The number of nitrogens with two attached hydrogens (primary N) is 1. The van der Waals surface area contributed by atoms with Crippen molar-refractivity contribution >= 4 is 12.4 Å². The summed E-state index contributed by atoms with van der Waals surface area (Å²) >= 11 is 0. The first kappa shape index (κ1) is 14.5. The molecule has 96 valence electrons. The van der Waals surface area contributed by atoms with Gasteiger partial charge in [0.15, 0.2) is 0 Å². The molecule has 2 heteroatoms. The SMILES string of the molecule is Cc1cc(C)c([C@@H](N)C2CCCC2)c(C)c1.Cl. The van der Waals surface area contributed by atoms with E-state index < -0.39 is 0 Å². The van der Waals surface area contributed by atoms with E-state index in [1.807, 2.05) is 0 Å². The van der Waals surface area contributed by atoms with Crippen LogP contribution >= 0.6 is 12.4 Å². The van der Waals surface area contributed by atoms with Crippen LogP contribution in [0.25, 0.3) is 0 Å². The molecule has 0 bridgehead atoms. The summed E-state index contributed by atoms with van der Waals surface area (Å²) in [6, 6.07) is 4.77. The molecular formula is C15H24ClN. The Morgan fingerprint density at radius 1 is 1.06 bits per heavy atom. The molecule has 17 heavy (non-hydrogen) atoms. The molecule has 1 aliphatic carbocycles. The fourth-order valence-corrected chi connectivity index (χ4v) is 3.27. The molecule has 2 N–H and O–H groups in total. The largest absolute Gasteiger partial charge is 0.324 e. The predicted octanol–water partition coefficient (Wildman–Crippen LogP) is 4.22. The maximum atomic E-state index is 6.45. The normalized spacial score (nSPS) is 17.9. The zero-order valence-electron chi connectivity index (χ0n) is 11.1. The zero-order valence-corrected chi connectivity index (χ0v) is 11.9. The Kier molecular flexibility index (Phi) is 5.03. The minimum absolute atomic E-state index is 0. The van der Waals surface area contributed by atoms with Gasteiger partial charge in [0.1, 0.15) is 0 Å². The standard InChI is InChI=1S/C15H23N.ClH/c1-10-8-11(2)14(12(3)9-10)15(16)13-6-4-5-7-13;/h8-9,13,15H,4-7,16H2,1-3H3;1H/t15-;/m0./s1. The summed E-state index contributed by atoms with van der Waals surface area (Å²) in [5, 5.41) is 0. The second kappa shape index (κ2) is 5.88. The van der Waals surface area contributed by atoms with Gasteiger partial charge < -0.3 is 5.73 Å². The molecule has 1 fully saturated rings. The number of hydrogen-bond donors (Lipinski definition) is 1. The van der Waals surface area contributed by atoms with Gasteiger partial charge in [-0.05, 0) is 56.2 Å². The van der Waals surface area contributed by atoms with Gasteiger partial charge in [0.05, 0.1) is 0 Å². The van der Waals surface area contributed by atoms with Gasteiger partial charge in [-0.2, -0.15) is 0 Å². The van der Waals surface area contributed by atoms with Crippen molar-refractivity contribution in [1.82, 2.24) is 0 Å². The summed E-state index contributed by atoms with van der Waals surface area (Å²) in [7, 11) is 0. The van der Waals surface area contributed by atoms with Crippen molar-refractivity contribution in [3.63, 3.8) is 0 Å². The summed E-state index contributed by atoms with van der Waals surface area (Å²) in [5.41, 5.74) is 11.9. The van der Waals surface area contributed by atoms with Crippen LogP contribution in [0.3, 0.4) is 0 Å². The minimum atomic E-state index is 0. The van der Waals surface area contributed by atoms with Gasteiger partial charge in [0, 0.05) is 6.04 Å². The summed E-state index contributed by atoms with van der Waals surface area (Å²) < 4.78 is 0. The van der Waals surface area contributed by atoms with Crippen LogP contribution < -0.4 is 5.73 Å². The lowest BCUT2D eigenvalue weighted by atomic mass is 9.86. The maximum Gasteiger partial charge on any atom is 0.0328 e. The molecule has 0 saturated heterocycles. The van der Waals surface area contributed by atoms with E-state index in [-0.39, 0.29) is 18.4 Å². The molecule has 1 saturated carbocycles. The van der Waals surface area contributed by atoms with Crippen LogP contribution in [0.1, 0.15) is 54.0 Å². The third kappa shape index (κ3) is 3.02. The number of benzene rings is 1. The van der Waals surface area contributed by atoms with E-state index in [1.165, 1.54) is 47.9 Å². The Labute approximate surface area is 111 Å². The van der Waals surface area contributed by atoms with Gasteiger partial charge >= 0.3 is 0 Å². The number of rotatable bonds is 2. The molecule has 0 radical (unpaired) electrons. The predicted molar refractivity (Wildman–Crippen MR) is 76.8 cm³/mol. The minimum Gasteiger partial charge on any atom is -0.324 e. The monoisotopic (exact) mass is 253 g/mol. The Balaban J connectivity index is 0.00000144. The van der Waals surface area contributed by atoms with Crippen LogP contribution in [-0.4, -0.2) is 0 Å². The highest BCUT2D eigenvalue weighted by molar-refractivity contribution is 5.85. The summed E-state index contributed by atoms with van der Waals surface area (Å²) in [6.07, 6.45) is 5.35. The lowest BCUT2D eigenvalue weighted by molar-refractivity contribution is 0.442. The zero-order chi connectivity index (χ0) is 11.7. The Morgan fingerprint density at radius 3 is 2.00 bits per heavy atom. The molecule has 0 aliphatic heterocycles. The molecule has 0 aromatic heterocycles. The Hall–Kier alpha value is -0.530. The molecule has 1 aliphatic rings. The average molecular weight is 254 g/mol. The van der Waals surface area contributed by atoms with E-state index in [0.29, 0.717) is 5.92 Å². The fraction of sp³-hybridized carbons (Fsp3) is 0.600. The molecule has 1 aromatic carbocycles. The molecular weight excluding hydrogens is 230 g/mol. The molecule has 0 heterocycles. The van der Waals surface area contributed by atoms with Gasteiger partial charge in [0.25, 0.3) is 0 Å². The first-order chi connectivity index (χ1) is 7.59. The third-order valence-corrected chi connectivity index (χ3v) is 3.98. The van der Waals surface area contributed by atoms with Crippen molar-refractivity contribution in [2.24, 2.45) is 11.7 Å². The van der Waals surface area contributed by atoms with Crippen LogP contribution in [0.2, 0.25) is 0 Å². The van der Waals surface area contributed by atoms with Gasteiger partial charge in [-0.1, -0.05) is 30.5 Å². The highest BCUT2D eigenvalue weighted by Crippen LogP contribution is 2.36. The Bertz CT molecular complexity index is 358. The van der Waals surface area contributed by atoms with Crippen molar-refractivity contribution in [2.75, 3.05) is 0 Å². The van der Waals surface area contributed by atoms with Crippen LogP contribution in [-0.2, 0) is 0 Å². The van der Waals surface area contributed by atoms with Crippen molar-refractivity contribution in [2.45, 2.75) is 52.5 Å². The first-order valence-electron chi connectivity index (χ1n) is 6.43. The van der Waals surface area contributed by atoms with Gasteiger partial charge in [-0.15, -0.1) is 12.4 Å². The van der Waals surface area contributed by atoms with E-state index in [2.05, 4.69) is 32.9 Å². The van der Waals surface area contributed by atoms with Gasteiger partial charge in [-0.25, -0.2) is 0 Å². The third-order valence-electron chi connectivity index (χ3n) is 3.98.